The lowest BCUT2D eigenvalue weighted by molar-refractivity contribution is 0.0946. The van der Waals surface area contributed by atoms with Gasteiger partial charge in [0.05, 0.1) is 6.61 Å². The van der Waals surface area contributed by atoms with Crippen LogP contribution in [0.3, 0.4) is 0 Å². The third kappa shape index (κ3) is 5.63. The van der Waals surface area contributed by atoms with Crippen LogP contribution < -0.4 is 0 Å². The van der Waals surface area contributed by atoms with E-state index in [0.29, 0.717) is 23.6 Å². The standard InChI is InChI=1S/C14H20ClNO2/c1-3-18-10-9-16(2)8-7-14(17)12-5-4-6-13(15)11-12/h4-6,11H,3,7-10H2,1-2H3. The summed E-state index contributed by atoms with van der Waals surface area (Å²) in [5.41, 5.74) is 0.681. The molecule has 0 aliphatic heterocycles. The van der Waals surface area contributed by atoms with Gasteiger partial charge < -0.3 is 9.64 Å². The van der Waals surface area contributed by atoms with Crippen LogP contribution in [0, 0.1) is 0 Å². The molecule has 1 aromatic carbocycles. The smallest absolute Gasteiger partial charge is 0.164 e. The van der Waals surface area contributed by atoms with Gasteiger partial charge in [-0.15, -0.1) is 0 Å². The number of likely N-dealkylation sites (N-methyl/N-ethyl adjacent to an activating group) is 1. The third-order valence-electron chi connectivity index (χ3n) is 2.69. The van der Waals surface area contributed by atoms with E-state index in [1.54, 1.807) is 24.3 Å². The monoisotopic (exact) mass is 269 g/mol. The van der Waals surface area contributed by atoms with E-state index in [-0.39, 0.29) is 5.78 Å². The minimum absolute atomic E-state index is 0.126. The van der Waals surface area contributed by atoms with Crippen molar-refractivity contribution < 1.29 is 9.53 Å². The zero-order chi connectivity index (χ0) is 13.4. The molecule has 0 atom stereocenters. The van der Waals surface area contributed by atoms with Crippen LogP contribution in [0.2, 0.25) is 5.02 Å². The molecule has 0 N–H and O–H groups in total. The van der Waals surface area contributed by atoms with E-state index in [4.69, 9.17) is 16.3 Å². The first-order valence-electron chi connectivity index (χ1n) is 6.18. The molecule has 18 heavy (non-hydrogen) atoms. The summed E-state index contributed by atoms with van der Waals surface area (Å²) in [4.78, 5) is 14.0. The Hall–Kier alpha value is -0.900. The van der Waals surface area contributed by atoms with E-state index in [0.717, 1.165) is 19.7 Å². The van der Waals surface area contributed by atoms with Gasteiger partial charge in [-0.2, -0.15) is 0 Å². The normalized spacial score (nSPS) is 10.9. The number of halogens is 1. The molecular weight excluding hydrogens is 250 g/mol. The molecule has 3 nitrogen and oxygen atoms in total. The summed E-state index contributed by atoms with van der Waals surface area (Å²) in [6.07, 6.45) is 0.503. The van der Waals surface area contributed by atoms with Crippen molar-refractivity contribution in [2.75, 3.05) is 33.4 Å². The minimum Gasteiger partial charge on any atom is -0.380 e. The Morgan fingerprint density at radius 1 is 1.39 bits per heavy atom. The van der Waals surface area contributed by atoms with E-state index in [2.05, 4.69) is 4.90 Å². The van der Waals surface area contributed by atoms with Gasteiger partial charge in [0.25, 0.3) is 0 Å². The van der Waals surface area contributed by atoms with Crippen LogP contribution in [0.5, 0.6) is 0 Å². The first-order valence-corrected chi connectivity index (χ1v) is 6.56. The summed E-state index contributed by atoms with van der Waals surface area (Å²) in [6, 6.07) is 7.08. The van der Waals surface area contributed by atoms with Crippen molar-refractivity contribution in [3.8, 4) is 0 Å². The second-order valence-corrected chi connectivity index (χ2v) is 4.62. The average Bonchev–Trinajstić information content (AvgIpc) is 2.36. The van der Waals surface area contributed by atoms with E-state index >= 15 is 0 Å². The Balaban J connectivity index is 2.32. The molecule has 0 unspecified atom stereocenters. The Morgan fingerprint density at radius 2 is 2.17 bits per heavy atom. The fourth-order valence-corrected chi connectivity index (χ4v) is 1.77. The lowest BCUT2D eigenvalue weighted by Gasteiger charge is -2.15. The number of rotatable bonds is 8. The highest BCUT2D eigenvalue weighted by Gasteiger charge is 2.07. The summed E-state index contributed by atoms with van der Waals surface area (Å²) < 4.78 is 5.27. The molecule has 0 saturated heterocycles. The van der Waals surface area contributed by atoms with Crippen LogP contribution in [-0.2, 0) is 4.74 Å². The Morgan fingerprint density at radius 3 is 2.83 bits per heavy atom. The molecule has 0 fully saturated rings. The van der Waals surface area contributed by atoms with Crippen LogP contribution in [0.25, 0.3) is 0 Å². The summed E-state index contributed by atoms with van der Waals surface area (Å²) in [5, 5.41) is 0.602. The largest absolute Gasteiger partial charge is 0.380 e. The van der Waals surface area contributed by atoms with Crippen molar-refractivity contribution >= 4 is 17.4 Å². The van der Waals surface area contributed by atoms with Gasteiger partial charge in [0, 0.05) is 36.7 Å². The summed E-state index contributed by atoms with van der Waals surface area (Å²) in [6.45, 7) is 4.99. The fourth-order valence-electron chi connectivity index (χ4n) is 1.58. The number of hydrogen-bond donors (Lipinski definition) is 0. The van der Waals surface area contributed by atoms with Gasteiger partial charge in [-0.25, -0.2) is 0 Å². The maximum atomic E-state index is 11.9. The number of carbonyl (C=O) groups is 1. The molecule has 0 amide bonds. The van der Waals surface area contributed by atoms with Crippen LogP contribution in [0.15, 0.2) is 24.3 Å². The van der Waals surface area contributed by atoms with Gasteiger partial charge in [-0.05, 0) is 26.1 Å². The number of hydrogen-bond acceptors (Lipinski definition) is 3. The van der Waals surface area contributed by atoms with E-state index in [1.807, 2.05) is 14.0 Å². The first-order chi connectivity index (χ1) is 8.63. The lowest BCUT2D eigenvalue weighted by Crippen LogP contribution is -2.26. The van der Waals surface area contributed by atoms with Gasteiger partial charge in [0.15, 0.2) is 5.78 Å². The average molecular weight is 270 g/mol. The first kappa shape index (κ1) is 15.2. The fraction of sp³-hybridized carbons (Fsp3) is 0.500. The number of ether oxygens (including phenoxy) is 1. The highest BCUT2D eigenvalue weighted by Crippen LogP contribution is 2.12. The SMILES string of the molecule is CCOCCN(C)CCC(=O)c1cccc(Cl)c1. The molecule has 4 heteroatoms. The Labute approximate surface area is 114 Å². The summed E-state index contributed by atoms with van der Waals surface area (Å²) in [5.74, 6) is 0.126. The zero-order valence-corrected chi connectivity index (χ0v) is 11.7. The van der Waals surface area contributed by atoms with Gasteiger partial charge in [-0.3, -0.25) is 4.79 Å². The topological polar surface area (TPSA) is 29.5 Å². The number of carbonyl (C=O) groups excluding carboxylic acids is 1. The molecule has 0 aliphatic rings. The summed E-state index contributed by atoms with van der Waals surface area (Å²) in [7, 11) is 1.99. The maximum absolute atomic E-state index is 11.9. The van der Waals surface area contributed by atoms with Gasteiger partial charge >= 0.3 is 0 Å². The maximum Gasteiger partial charge on any atom is 0.164 e. The van der Waals surface area contributed by atoms with E-state index in [1.165, 1.54) is 0 Å². The molecule has 0 spiro atoms. The van der Waals surface area contributed by atoms with Crippen molar-refractivity contribution in [2.45, 2.75) is 13.3 Å². The second kappa shape index (κ2) is 8.25. The minimum atomic E-state index is 0.126. The van der Waals surface area contributed by atoms with Crippen molar-refractivity contribution in [1.82, 2.24) is 4.90 Å². The molecule has 0 aromatic heterocycles. The van der Waals surface area contributed by atoms with Crippen LogP contribution in [-0.4, -0.2) is 44.0 Å². The molecule has 0 aliphatic carbocycles. The van der Waals surface area contributed by atoms with Crippen molar-refractivity contribution in [2.24, 2.45) is 0 Å². The van der Waals surface area contributed by atoms with Crippen LogP contribution >= 0.6 is 11.6 Å². The molecule has 0 bridgehead atoms. The number of Topliss-reactive ketones (excluding diaryl/α,β-unsaturated/α-hetero) is 1. The van der Waals surface area contributed by atoms with E-state index < -0.39 is 0 Å². The van der Waals surface area contributed by atoms with Crippen molar-refractivity contribution in [3.05, 3.63) is 34.9 Å². The quantitative estimate of drug-likeness (QED) is 0.537. The molecule has 100 valence electrons. The van der Waals surface area contributed by atoms with Gasteiger partial charge in [0.1, 0.15) is 0 Å². The number of benzene rings is 1. The van der Waals surface area contributed by atoms with Crippen molar-refractivity contribution in [3.63, 3.8) is 0 Å². The predicted octanol–water partition coefficient (Wildman–Crippen LogP) is 2.88. The number of nitrogens with zero attached hydrogens (tertiary/aromatic N) is 1. The van der Waals surface area contributed by atoms with Crippen molar-refractivity contribution in [1.29, 1.82) is 0 Å². The molecule has 0 radical (unpaired) electrons. The van der Waals surface area contributed by atoms with Gasteiger partial charge in [0.2, 0.25) is 0 Å². The second-order valence-electron chi connectivity index (χ2n) is 4.18. The summed E-state index contributed by atoms with van der Waals surface area (Å²) >= 11 is 5.86. The lowest BCUT2D eigenvalue weighted by atomic mass is 10.1. The predicted molar refractivity (Wildman–Crippen MR) is 74.4 cm³/mol. The van der Waals surface area contributed by atoms with Gasteiger partial charge in [-0.1, -0.05) is 23.7 Å². The highest BCUT2D eigenvalue weighted by molar-refractivity contribution is 6.31. The number of ketones is 1. The Bertz CT molecular complexity index is 382. The van der Waals surface area contributed by atoms with Crippen LogP contribution in [0.4, 0.5) is 0 Å². The molecule has 0 saturated carbocycles. The van der Waals surface area contributed by atoms with Crippen LogP contribution in [0.1, 0.15) is 23.7 Å². The molecule has 0 heterocycles. The Kier molecular flexibility index (Phi) is 6.94. The van der Waals surface area contributed by atoms with E-state index in [9.17, 15) is 4.79 Å². The third-order valence-corrected chi connectivity index (χ3v) is 2.92. The molecule has 1 rings (SSSR count). The molecule has 1 aromatic rings. The molecular formula is C14H20ClNO2. The zero-order valence-electron chi connectivity index (χ0n) is 11.0. The highest BCUT2D eigenvalue weighted by atomic mass is 35.5.